The minimum atomic E-state index is -0.883. The molecule has 0 spiro atoms. The average Bonchev–Trinajstić information content (AvgIpc) is 2.51. The largest absolute Gasteiger partial charge is 0.133 e. The summed E-state index contributed by atoms with van der Waals surface area (Å²) in [5.41, 5.74) is -1.75. The average molecular weight is 589 g/mol. The maximum Gasteiger partial charge on any atom is 0.133 e. The zero-order chi connectivity index (χ0) is 21.5. The van der Waals surface area contributed by atoms with Crippen LogP contribution in [0.4, 0.5) is 0 Å². The second-order valence-corrected chi connectivity index (χ2v) is 21.3. The Kier molecular flexibility index (Phi) is 7.43. The molecule has 0 N–H and O–H groups in total. The van der Waals surface area contributed by atoms with Crippen LogP contribution in [0.25, 0.3) is 0 Å². The van der Waals surface area contributed by atoms with Crippen LogP contribution in [0.1, 0.15) is 55.4 Å². The second-order valence-electron chi connectivity index (χ2n) is 9.21. The fourth-order valence-electron chi connectivity index (χ4n) is 4.36. The molecular weight excluding hydrogens is 565 g/mol. The lowest BCUT2D eigenvalue weighted by molar-refractivity contribution is -0.0118. The molecule has 0 unspecified atom stereocenters. The van der Waals surface area contributed by atoms with Gasteiger partial charge in [0.05, 0.1) is 0 Å². The highest BCUT2D eigenvalue weighted by molar-refractivity contribution is 9.36. The summed E-state index contributed by atoms with van der Waals surface area (Å²) < 4.78 is -2.93. The molecule has 0 aliphatic heterocycles. The van der Waals surface area contributed by atoms with E-state index in [1.54, 1.807) is 51.1 Å². The van der Waals surface area contributed by atoms with E-state index in [4.69, 9.17) is 69.6 Å². The van der Waals surface area contributed by atoms with Gasteiger partial charge in [-0.05, 0) is 29.5 Å². The Balaban J connectivity index is 1.94. The van der Waals surface area contributed by atoms with Gasteiger partial charge in [-0.2, -0.15) is 0 Å². The Hall–Kier alpha value is 3.49. The first-order chi connectivity index (χ1) is 11.7. The fraction of sp³-hybridized carbons (Fsp3) is 1.00. The Bertz CT molecular complexity index is 528. The van der Waals surface area contributed by atoms with Crippen molar-refractivity contribution < 1.29 is 0 Å². The summed E-state index contributed by atoms with van der Waals surface area (Å²) in [5.74, 6) is 0. The molecule has 0 aromatic rings. The first-order valence-electron chi connectivity index (χ1n) is 8.21. The minimum Gasteiger partial charge on any atom is -0.105 e. The molecule has 160 valence electrons. The highest BCUT2D eigenvalue weighted by Crippen LogP contribution is 2.83. The number of hydrogen-bond acceptors (Lipinski definition) is 5. The predicted octanol–water partition coefficient (Wildman–Crippen LogP) is 10.7. The summed E-state index contributed by atoms with van der Waals surface area (Å²) >= 11 is 40.3. The first-order valence-corrected chi connectivity index (χ1v) is 16.6. The Morgan fingerprint density at radius 2 is 0.630 bits per heavy atom. The van der Waals surface area contributed by atoms with Crippen molar-refractivity contribution in [3.8, 4) is 0 Å². The normalized spacial score (nSPS) is 32.2. The Labute approximate surface area is 212 Å². The standard InChI is InChI=1S/C16H24Cl6S5/c1-9(2)13(17,18)10(3,4)15(9,21)23-25-27-26-24-16(22)11(5,6)14(19,20)12(16,7)8/h1-8H3. The SMILES string of the molecule is CC1(C)C(Cl)(Cl)C(C)(C)C1(Cl)SSSSSC1(Cl)C(C)(C)C(Cl)(Cl)C1(C)C. The third-order valence-corrected chi connectivity index (χ3v) is 23.6. The van der Waals surface area contributed by atoms with Crippen LogP contribution in [-0.4, -0.2) is 17.1 Å². The van der Waals surface area contributed by atoms with E-state index in [0.29, 0.717) is 0 Å². The van der Waals surface area contributed by atoms with E-state index >= 15 is 0 Å². The van der Waals surface area contributed by atoms with Crippen molar-refractivity contribution in [1.29, 1.82) is 0 Å². The highest BCUT2D eigenvalue weighted by atomic mass is 35.5. The van der Waals surface area contributed by atoms with E-state index in [0.717, 1.165) is 0 Å². The highest BCUT2D eigenvalue weighted by Gasteiger charge is 2.81. The van der Waals surface area contributed by atoms with Gasteiger partial charge in [-0.1, -0.05) is 77.0 Å². The molecule has 2 aliphatic carbocycles. The monoisotopic (exact) mass is 586 g/mol. The van der Waals surface area contributed by atoms with Crippen molar-refractivity contribution in [1.82, 2.24) is 0 Å². The molecule has 11 heteroatoms. The molecule has 2 aliphatic rings. The lowest BCUT2D eigenvalue weighted by Crippen LogP contribution is -2.75. The molecule has 0 amide bonds. The lowest BCUT2D eigenvalue weighted by Gasteiger charge is -2.70. The van der Waals surface area contributed by atoms with Crippen LogP contribution in [-0.2, 0) is 0 Å². The molecule has 0 atom stereocenters. The van der Waals surface area contributed by atoms with E-state index in [1.807, 2.05) is 55.4 Å². The van der Waals surface area contributed by atoms with Gasteiger partial charge in [-0.25, -0.2) is 0 Å². The maximum absolute atomic E-state index is 6.99. The Morgan fingerprint density at radius 3 is 0.852 bits per heavy atom. The van der Waals surface area contributed by atoms with Crippen molar-refractivity contribution in [3.05, 3.63) is 0 Å². The van der Waals surface area contributed by atoms with Crippen molar-refractivity contribution in [2.24, 2.45) is 21.7 Å². The molecule has 27 heavy (non-hydrogen) atoms. The van der Waals surface area contributed by atoms with Crippen molar-refractivity contribution in [2.45, 2.75) is 72.5 Å². The molecule has 2 fully saturated rings. The van der Waals surface area contributed by atoms with Crippen LogP contribution < -0.4 is 0 Å². The zero-order valence-electron chi connectivity index (χ0n) is 16.3. The molecule has 2 saturated carbocycles. The smallest absolute Gasteiger partial charge is 0.105 e. The molecule has 0 aromatic heterocycles. The molecular formula is C16H24Cl6S5. The van der Waals surface area contributed by atoms with Crippen LogP contribution in [0.5, 0.6) is 0 Å². The fourth-order valence-corrected chi connectivity index (χ4v) is 19.6. The van der Waals surface area contributed by atoms with E-state index in [9.17, 15) is 0 Å². The Morgan fingerprint density at radius 1 is 0.407 bits per heavy atom. The minimum absolute atomic E-state index is 0.438. The van der Waals surface area contributed by atoms with Gasteiger partial charge in [0.2, 0.25) is 0 Å². The molecule has 0 saturated heterocycles. The topological polar surface area (TPSA) is 0 Å². The number of halogens is 6. The molecule has 0 radical (unpaired) electrons. The molecule has 2 rings (SSSR count). The number of hydrogen-bond donors (Lipinski definition) is 0. The van der Waals surface area contributed by atoms with Crippen molar-refractivity contribution >= 4 is 121 Å². The first kappa shape index (κ1) is 26.7. The third-order valence-electron chi connectivity index (χ3n) is 6.71. The van der Waals surface area contributed by atoms with E-state index in [2.05, 4.69) is 0 Å². The van der Waals surface area contributed by atoms with Gasteiger partial charge in [-0.3, -0.25) is 0 Å². The van der Waals surface area contributed by atoms with Gasteiger partial charge < -0.3 is 0 Å². The quantitative estimate of drug-likeness (QED) is 0.171. The van der Waals surface area contributed by atoms with Crippen LogP contribution in [0.3, 0.4) is 0 Å². The van der Waals surface area contributed by atoms with Crippen LogP contribution in [0.15, 0.2) is 0 Å². The molecule has 0 nitrogen and oxygen atoms in total. The second kappa shape index (κ2) is 7.50. The molecule has 0 bridgehead atoms. The van der Waals surface area contributed by atoms with Gasteiger partial charge in [-0.15, -0.1) is 69.6 Å². The third kappa shape index (κ3) is 3.05. The summed E-state index contributed by atoms with van der Waals surface area (Å²) in [6.45, 7) is 16.1. The van der Waals surface area contributed by atoms with Crippen LogP contribution in [0, 0.1) is 21.7 Å². The van der Waals surface area contributed by atoms with Gasteiger partial charge in [0.25, 0.3) is 0 Å². The summed E-state index contributed by atoms with van der Waals surface area (Å²) in [4.78, 5) is 0. The van der Waals surface area contributed by atoms with Gasteiger partial charge in [0, 0.05) is 21.7 Å². The molecule has 0 heterocycles. The van der Waals surface area contributed by atoms with Crippen molar-refractivity contribution in [2.75, 3.05) is 0 Å². The predicted molar refractivity (Wildman–Crippen MR) is 139 cm³/mol. The van der Waals surface area contributed by atoms with Crippen LogP contribution in [0.2, 0.25) is 0 Å². The summed E-state index contributed by atoms with van der Waals surface area (Å²) in [6.07, 6.45) is 0. The summed E-state index contributed by atoms with van der Waals surface area (Å²) in [7, 11) is 8.07. The molecule has 0 aromatic carbocycles. The lowest BCUT2D eigenvalue weighted by atomic mass is 9.54. The maximum atomic E-state index is 6.99. The van der Waals surface area contributed by atoms with E-state index in [1.165, 1.54) is 0 Å². The zero-order valence-corrected chi connectivity index (χ0v) is 24.9. The summed E-state index contributed by atoms with van der Waals surface area (Å²) in [5, 5.41) is 0. The number of alkyl halides is 6. The van der Waals surface area contributed by atoms with Gasteiger partial charge in [0.1, 0.15) is 17.1 Å². The van der Waals surface area contributed by atoms with Gasteiger partial charge >= 0.3 is 0 Å². The van der Waals surface area contributed by atoms with Crippen LogP contribution >= 0.6 is 121 Å². The number of rotatable bonds is 6. The van der Waals surface area contributed by atoms with E-state index in [-0.39, 0.29) is 0 Å². The van der Waals surface area contributed by atoms with Gasteiger partial charge in [0.15, 0.2) is 0 Å². The summed E-state index contributed by atoms with van der Waals surface area (Å²) in [6, 6.07) is 0. The van der Waals surface area contributed by atoms with Crippen molar-refractivity contribution in [3.63, 3.8) is 0 Å². The van der Waals surface area contributed by atoms with E-state index < -0.39 is 38.7 Å².